The molecule has 1 amide bonds. The van der Waals surface area contributed by atoms with Gasteiger partial charge in [0.25, 0.3) is 5.91 Å². The zero-order chi connectivity index (χ0) is 19.2. The molecule has 0 saturated heterocycles. The Balaban J connectivity index is 2.29. The Bertz CT molecular complexity index is 1060. The number of benzene rings is 2. The molecule has 1 aromatic heterocycles. The summed E-state index contributed by atoms with van der Waals surface area (Å²) < 4.78 is 28.0. The van der Waals surface area contributed by atoms with E-state index in [0.29, 0.717) is 22.2 Å². The molecule has 3 aromatic rings. The molecule has 0 unspecified atom stereocenters. The summed E-state index contributed by atoms with van der Waals surface area (Å²) in [5.74, 6) is -4.10. The van der Waals surface area contributed by atoms with Crippen LogP contribution in [0.5, 0.6) is 5.75 Å². The van der Waals surface area contributed by atoms with E-state index in [1.165, 1.54) is 28.8 Å². The Morgan fingerprint density at radius 1 is 1.12 bits per heavy atom. The quantitative estimate of drug-likeness (QED) is 0.754. The van der Waals surface area contributed by atoms with E-state index in [1.807, 2.05) is 0 Å². The van der Waals surface area contributed by atoms with Gasteiger partial charge in [0.1, 0.15) is 5.75 Å². The van der Waals surface area contributed by atoms with Crippen molar-refractivity contribution in [3.05, 3.63) is 64.9 Å². The van der Waals surface area contributed by atoms with Gasteiger partial charge in [-0.2, -0.15) is 0 Å². The first-order valence-electron chi connectivity index (χ1n) is 7.85. The molecule has 0 aliphatic heterocycles. The van der Waals surface area contributed by atoms with Gasteiger partial charge in [-0.05, 0) is 55.8 Å². The summed E-state index contributed by atoms with van der Waals surface area (Å²) in [4.78, 5) is 24.6. The lowest BCUT2D eigenvalue weighted by Crippen LogP contribution is -2.20. The second-order valence-electron chi connectivity index (χ2n) is 6.09. The maximum Gasteiger partial charge on any atom is 0.262 e. The standard InChI is InChI=1S/C19H16F2N2O3/c1-9(18(22)25)17-10(2)23(16-6-4-12(24)8-13(16)17)19(26)11-3-5-14(20)15(21)7-11/h3-9,24H,1-2H3,(H2,22,25)/t9-/m1/s1. The second kappa shape index (κ2) is 6.25. The van der Waals surface area contributed by atoms with Crippen LogP contribution in [0.2, 0.25) is 0 Å². The van der Waals surface area contributed by atoms with Gasteiger partial charge in [-0.3, -0.25) is 14.2 Å². The van der Waals surface area contributed by atoms with Crippen molar-refractivity contribution in [2.24, 2.45) is 5.73 Å². The summed E-state index contributed by atoms with van der Waals surface area (Å²) in [5, 5.41) is 10.3. The smallest absolute Gasteiger partial charge is 0.262 e. The van der Waals surface area contributed by atoms with E-state index in [-0.39, 0.29) is 11.3 Å². The molecule has 3 N–H and O–H groups in total. The van der Waals surface area contributed by atoms with E-state index in [9.17, 15) is 23.5 Å². The van der Waals surface area contributed by atoms with E-state index in [0.717, 1.165) is 12.1 Å². The molecule has 0 fully saturated rings. The van der Waals surface area contributed by atoms with Gasteiger partial charge in [-0.25, -0.2) is 8.78 Å². The van der Waals surface area contributed by atoms with Crippen LogP contribution in [0.3, 0.4) is 0 Å². The summed E-state index contributed by atoms with van der Waals surface area (Å²) in [6.45, 7) is 3.23. The molecule has 2 aromatic carbocycles. The summed E-state index contributed by atoms with van der Waals surface area (Å²) >= 11 is 0. The van der Waals surface area contributed by atoms with E-state index in [1.54, 1.807) is 13.8 Å². The third kappa shape index (κ3) is 2.71. The molecule has 26 heavy (non-hydrogen) atoms. The number of fused-ring (bicyclic) bond motifs is 1. The number of hydrogen-bond acceptors (Lipinski definition) is 3. The van der Waals surface area contributed by atoms with Gasteiger partial charge in [-0.15, -0.1) is 0 Å². The molecular formula is C19H16F2N2O3. The minimum atomic E-state index is -1.13. The number of carbonyl (C=O) groups is 2. The molecule has 0 bridgehead atoms. The minimum Gasteiger partial charge on any atom is -0.508 e. The highest BCUT2D eigenvalue weighted by molar-refractivity contribution is 6.05. The fourth-order valence-corrected chi connectivity index (χ4v) is 3.14. The van der Waals surface area contributed by atoms with Crippen LogP contribution < -0.4 is 5.73 Å². The number of hydrogen-bond donors (Lipinski definition) is 2. The number of nitrogens with two attached hydrogens (primary N) is 1. The highest BCUT2D eigenvalue weighted by Gasteiger charge is 2.26. The van der Waals surface area contributed by atoms with E-state index in [2.05, 4.69) is 0 Å². The molecule has 0 spiro atoms. The summed E-state index contributed by atoms with van der Waals surface area (Å²) in [6, 6.07) is 7.24. The molecule has 134 valence electrons. The SMILES string of the molecule is Cc1c([C@@H](C)C(N)=O)c2cc(O)ccc2n1C(=O)c1ccc(F)c(F)c1. The van der Waals surface area contributed by atoms with Crippen molar-refractivity contribution >= 4 is 22.7 Å². The van der Waals surface area contributed by atoms with Gasteiger partial charge < -0.3 is 10.8 Å². The van der Waals surface area contributed by atoms with Crippen LogP contribution in [-0.4, -0.2) is 21.5 Å². The summed E-state index contributed by atoms with van der Waals surface area (Å²) in [6.07, 6.45) is 0. The monoisotopic (exact) mass is 358 g/mol. The number of halogens is 2. The number of nitrogens with zero attached hydrogens (tertiary/aromatic N) is 1. The van der Waals surface area contributed by atoms with Gasteiger partial charge in [-0.1, -0.05) is 0 Å². The lowest BCUT2D eigenvalue weighted by Gasteiger charge is -2.10. The number of carbonyl (C=O) groups excluding carboxylic acids is 2. The van der Waals surface area contributed by atoms with Gasteiger partial charge in [0.15, 0.2) is 11.6 Å². The molecular weight excluding hydrogens is 342 g/mol. The second-order valence-corrected chi connectivity index (χ2v) is 6.09. The molecule has 7 heteroatoms. The molecule has 0 aliphatic carbocycles. The number of phenolic OH excluding ortho intramolecular Hbond substituents is 1. The van der Waals surface area contributed by atoms with E-state index >= 15 is 0 Å². The molecule has 3 rings (SSSR count). The first-order chi connectivity index (χ1) is 12.2. The maximum absolute atomic E-state index is 13.5. The van der Waals surface area contributed by atoms with E-state index in [4.69, 9.17) is 5.73 Å². The van der Waals surface area contributed by atoms with Crippen molar-refractivity contribution in [1.82, 2.24) is 4.57 Å². The number of phenols is 1. The predicted octanol–water partition coefficient (Wildman–Crippen LogP) is 3.21. The highest BCUT2D eigenvalue weighted by atomic mass is 19.2. The van der Waals surface area contributed by atoms with Crippen LogP contribution in [0.1, 0.15) is 34.5 Å². The lowest BCUT2D eigenvalue weighted by molar-refractivity contribution is -0.119. The average Bonchev–Trinajstić information content (AvgIpc) is 2.87. The largest absolute Gasteiger partial charge is 0.508 e. The Morgan fingerprint density at radius 2 is 1.81 bits per heavy atom. The lowest BCUT2D eigenvalue weighted by atomic mass is 9.97. The van der Waals surface area contributed by atoms with Gasteiger partial charge >= 0.3 is 0 Å². The van der Waals surface area contributed by atoms with Crippen LogP contribution in [0.25, 0.3) is 10.9 Å². The topological polar surface area (TPSA) is 85.3 Å². The van der Waals surface area contributed by atoms with Crippen molar-refractivity contribution in [2.75, 3.05) is 0 Å². The first-order valence-corrected chi connectivity index (χ1v) is 7.85. The molecule has 0 saturated carbocycles. The van der Waals surface area contributed by atoms with Crippen LogP contribution >= 0.6 is 0 Å². The van der Waals surface area contributed by atoms with E-state index < -0.39 is 29.4 Å². The van der Waals surface area contributed by atoms with Crippen molar-refractivity contribution in [3.8, 4) is 5.75 Å². The van der Waals surface area contributed by atoms with Crippen molar-refractivity contribution in [1.29, 1.82) is 0 Å². The first kappa shape index (κ1) is 17.6. The number of amides is 1. The molecule has 0 radical (unpaired) electrons. The number of primary amides is 1. The fourth-order valence-electron chi connectivity index (χ4n) is 3.14. The summed E-state index contributed by atoms with van der Waals surface area (Å²) in [7, 11) is 0. The normalized spacial score (nSPS) is 12.3. The Morgan fingerprint density at radius 3 is 2.42 bits per heavy atom. The Kier molecular flexibility index (Phi) is 4.23. The van der Waals surface area contributed by atoms with Crippen LogP contribution in [0.4, 0.5) is 8.78 Å². The zero-order valence-electron chi connectivity index (χ0n) is 14.1. The van der Waals surface area contributed by atoms with Gasteiger partial charge in [0.05, 0.1) is 11.4 Å². The average molecular weight is 358 g/mol. The predicted molar refractivity (Wildman–Crippen MR) is 92.0 cm³/mol. The molecule has 5 nitrogen and oxygen atoms in total. The maximum atomic E-state index is 13.5. The number of aromatic hydroxyl groups is 1. The third-order valence-electron chi connectivity index (χ3n) is 4.47. The molecule has 0 aliphatic rings. The fraction of sp³-hybridized carbons (Fsp3) is 0.158. The van der Waals surface area contributed by atoms with Crippen molar-refractivity contribution < 1.29 is 23.5 Å². The summed E-state index contributed by atoms with van der Waals surface area (Å²) in [5.41, 5.74) is 6.73. The third-order valence-corrected chi connectivity index (χ3v) is 4.47. The van der Waals surface area contributed by atoms with Crippen molar-refractivity contribution in [2.45, 2.75) is 19.8 Å². The number of rotatable bonds is 3. The zero-order valence-corrected chi connectivity index (χ0v) is 14.1. The minimum absolute atomic E-state index is 0.0344. The van der Waals surface area contributed by atoms with Crippen LogP contribution in [0.15, 0.2) is 36.4 Å². The number of aromatic nitrogens is 1. The highest BCUT2D eigenvalue weighted by Crippen LogP contribution is 2.34. The van der Waals surface area contributed by atoms with Crippen molar-refractivity contribution in [3.63, 3.8) is 0 Å². The van der Waals surface area contributed by atoms with Crippen LogP contribution in [0, 0.1) is 18.6 Å². The van der Waals surface area contributed by atoms with Crippen LogP contribution in [-0.2, 0) is 4.79 Å². The van der Waals surface area contributed by atoms with Gasteiger partial charge in [0.2, 0.25) is 5.91 Å². The molecule has 1 heterocycles. The Labute approximate surface area is 147 Å². The Hall–Kier alpha value is -3.22. The molecule has 1 atom stereocenters. The van der Waals surface area contributed by atoms with Gasteiger partial charge in [0, 0.05) is 16.6 Å².